The second-order valence-electron chi connectivity index (χ2n) is 3.65. The molecule has 6 heteroatoms. The van der Waals surface area contributed by atoms with Crippen molar-refractivity contribution in [2.24, 2.45) is 0 Å². The molecule has 0 atom stereocenters. The molecule has 0 heterocycles. The number of halogens is 1. The minimum absolute atomic E-state index is 0.00341. The van der Waals surface area contributed by atoms with Crippen LogP contribution in [0.3, 0.4) is 0 Å². The Kier molecular flexibility index (Phi) is 2.89. The lowest BCUT2D eigenvalue weighted by atomic mass is 10.0. The van der Waals surface area contributed by atoms with Crippen LogP contribution in [-0.4, -0.2) is 18.6 Å². The van der Waals surface area contributed by atoms with Gasteiger partial charge in [0.2, 0.25) is 9.05 Å². The Labute approximate surface area is 102 Å². The summed E-state index contributed by atoms with van der Waals surface area (Å²) in [4.78, 5) is 0. The maximum absolute atomic E-state index is 11.1. The van der Waals surface area contributed by atoms with Crippen LogP contribution in [0.25, 0.3) is 10.8 Å². The molecule has 0 saturated heterocycles. The molecule has 17 heavy (non-hydrogen) atoms. The van der Waals surface area contributed by atoms with Gasteiger partial charge in [-0.05, 0) is 29.0 Å². The second kappa shape index (κ2) is 4.09. The monoisotopic (exact) mass is 272 g/mol. The first-order chi connectivity index (χ1) is 7.87. The molecule has 2 rings (SSSR count). The highest BCUT2D eigenvalue weighted by Gasteiger charge is 2.14. The minimum atomic E-state index is -3.77. The van der Waals surface area contributed by atoms with Crippen LogP contribution in [0.2, 0.25) is 0 Å². The highest BCUT2D eigenvalue weighted by Crippen LogP contribution is 2.31. The van der Waals surface area contributed by atoms with E-state index >= 15 is 0 Å². The zero-order chi connectivity index (χ0) is 12.6. The third-order valence-electron chi connectivity index (χ3n) is 2.41. The summed E-state index contributed by atoms with van der Waals surface area (Å²) in [5.41, 5.74) is 0.188. The zero-order valence-electron chi connectivity index (χ0n) is 8.59. The molecule has 0 aliphatic rings. The summed E-state index contributed by atoms with van der Waals surface area (Å²) in [5.74, 6) is -0.648. The SMILES string of the molecule is O=S(=O)(Cl)Cc1c(O)ccc2ccc(O)cc12. The lowest BCUT2D eigenvalue weighted by molar-refractivity contribution is 0.470. The molecule has 0 fully saturated rings. The fourth-order valence-electron chi connectivity index (χ4n) is 1.68. The normalized spacial score (nSPS) is 11.8. The van der Waals surface area contributed by atoms with E-state index in [1.54, 1.807) is 12.1 Å². The van der Waals surface area contributed by atoms with Crippen molar-refractivity contribution in [3.63, 3.8) is 0 Å². The van der Waals surface area contributed by atoms with Gasteiger partial charge in [0.25, 0.3) is 0 Å². The molecule has 0 aromatic heterocycles. The molecular formula is C11H9ClO4S. The molecule has 0 aliphatic carbocycles. The number of hydrogen-bond donors (Lipinski definition) is 2. The van der Waals surface area contributed by atoms with Gasteiger partial charge in [-0.2, -0.15) is 0 Å². The highest BCUT2D eigenvalue weighted by atomic mass is 35.7. The van der Waals surface area contributed by atoms with Crippen molar-refractivity contribution >= 4 is 30.5 Å². The van der Waals surface area contributed by atoms with Gasteiger partial charge in [0.05, 0.1) is 5.75 Å². The average Bonchev–Trinajstić information content (AvgIpc) is 2.21. The van der Waals surface area contributed by atoms with E-state index in [-0.39, 0.29) is 17.1 Å². The van der Waals surface area contributed by atoms with E-state index in [2.05, 4.69) is 0 Å². The lowest BCUT2D eigenvalue weighted by Crippen LogP contribution is -1.96. The van der Waals surface area contributed by atoms with Gasteiger partial charge < -0.3 is 10.2 Å². The number of phenolic OH excluding ortho intramolecular Hbond substituents is 2. The maximum atomic E-state index is 11.1. The first-order valence-electron chi connectivity index (χ1n) is 4.73. The molecule has 0 amide bonds. The summed E-state index contributed by atoms with van der Waals surface area (Å²) >= 11 is 0. The Morgan fingerprint density at radius 3 is 2.41 bits per heavy atom. The van der Waals surface area contributed by atoms with Gasteiger partial charge in [0, 0.05) is 16.2 Å². The average molecular weight is 273 g/mol. The van der Waals surface area contributed by atoms with E-state index in [1.165, 1.54) is 18.2 Å². The summed E-state index contributed by atoms with van der Waals surface area (Å²) in [6.45, 7) is 0. The van der Waals surface area contributed by atoms with E-state index in [0.29, 0.717) is 5.39 Å². The number of phenols is 2. The first-order valence-corrected chi connectivity index (χ1v) is 7.20. The Morgan fingerprint density at radius 1 is 1.12 bits per heavy atom. The van der Waals surface area contributed by atoms with Crippen LogP contribution in [-0.2, 0) is 14.8 Å². The molecule has 0 bridgehead atoms. The highest BCUT2D eigenvalue weighted by molar-refractivity contribution is 8.13. The van der Waals surface area contributed by atoms with Crippen molar-refractivity contribution < 1.29 is 18.6 Å². The van der Waals surface area contributed by atoms with Crippen LogP contribution in [0.5, 0.6) is 11.5 Å². The molecule has 2 N–H and O–H groups in total. The van der Waals surface area contributed by atoms with Gasteiger partial charge in [0.15, 0.2) is 0 Å². The molecular weight excluding hydrogens is 264 g/mol. The standard InChI is InChI=1S/C11H9ClO4S/c12-17(15,16)6-10-9-5-8(13)3-1-7(9)2-4-11(10)14/h1-5,13-14H,6H2. The molecule has 0 aliphatic heterocycles. The summed E-state index contributed by atoms with van der Waals surface area (Å²) in [5, 5.41) is 20.2. The topological polar surface area (TPSA) is 74.6 Å². The van der Waals surface area contributed by atoms with Crippen molar-refractivity contribution in [3.05, 3.63) is 35.9 Å². The Bertz CT molecular complexity index is 674. The van der Waals surface area contributed by atoms with Gasteiger partial charge >= 0.3 is 0 Å². The van der Waals surface area contributed by atoms with E-state index in [0.717, 1.165) is 5.39 Å². The van der Waals surface area contributed by atoms with Gasteiger partial charge in [-0.25, -0.2) is 8.42 Å². The van der Waals surface area contributed by atoms with Gasteiger partial charge in [0.1, 0.15) is 11.5 Å². The zero-order valence-corrected chi connectivity index (χ0v) is 10.2. The van der Waals surface area contributed by atoms with Crippen molar-refractivity contribution in [3.8, 4) is 11.5 Å². The number of aromatic hydroxyl groups is 2. The largest absolute Gasteiger partial charge is 0.508 e. The summed E-state index contributed by atoms with van der Waals surface area (Å²) < 4.78 is 22.1. The molecule has 2 aromatic carbocycles. The Hall–Kier alpha value is -1.46. The van der Waals surface area contributed by atoms with Gasteiger partial charge in [-0.1, -0.05) is 12.1 Å². The van der Waals surface area contributed by atoms with Crippen LogP contribution in [0.4, 0.5) is 0 Å². The van der Waals surface area contributed by atoms with Gasteiger partial charge in [-0.15, -0.1) is 0 Å². The predicted molar refractivity (Wildman–Crippen MR) is 65.8 cm³/mol. The molecule has 0 radical (unpaired) electrons. The van der Waals surface area contributed by atoms with Crippen molar-refractivity contribution in [2.75, 3.05) is 0 Å². The molecule has 90 valence electrons. The fourth-order valence-corrected chi connectivity index (χ4v) is 2.66. The number of fused-ring (bicyclic) bond motifs is 1. The molecule has 4 nitrogen and oxygen atoms in total. The minimum Gasteiger partial charge on any atom is -0.508 e. The predicted octanol–water partition coefficient (Wildman–Crippen LogP) is 2.32. The van der Waals surface area contributed by atoms with E-state index < -0.39 is 14.8 Å². The first kappa shape index (κ1) is 12.0. The number of rotatable bonds is 2. The van der Waals surface area contributed by atoms with Crippen LogP contribution in [0, 0.1) is 0 Å². The van der Waals surface area contributed by atoms with Crippen LogP contribution >= 0.6 is 10.7 Å². The Balaban J connectivity index is 2.75. The molecule has 0 saturated carbocycles. The fraction of sp³-hybridized carbons (Fsp3) is 0.0909. The van der Waals surface area contributed by atoms with Gasteiger partial charge in [-0.3, -0.25) is 0 Å². The molecule has 0 spiro atoms. The number of hydrogen-bond acceptors (Lipinski definition) is 4. The quantitative estimate of drug-likeness (QED) is 0.823. The van der Waals surface area contributed by atoms with Crippen molar-refractivity contribution in [1.82, 2.24) is 0 Å². The van der Waals surface area contributed by atoms with Crippen LogP contribution in [0.15, 0.2) is 30.3 Å². The summed E-state index contributed by atoms with van der Waals surface area (Å²) in [7, 11) is 1.41. The van der Waals surface area contributed by atoms with Crippen molar-refractivity contribution in [1.29, 1.82) is 0 Å². The van der Waals surface area contributed by atoms with E-state index in [1.807, 2.05) is 0 Å². The summed E-state index contributed by atoms with van der Waals surface area (Å²) in [6, 6.07) is 7.55. The molecule has 2 aromatic rings. The van der Waals surface area contributed by atoms with E-state index in [4.69, 9.17) is 10.7 Å². The second-order valence-corrected chi connectivity index (χ2v) is 6.43. The van der Waals surface area contributed by atoms with Crippen LogP contribution in [0.1, 0.15) is 5.56 Å². The summed E-state index contributed by atoms with van der Waals surface area (Å²) in [6.07, 6.45) is 0. The lowest BCUT2D eigenvalue weighted by Gasteiger charge is -2.07. The molecule has 0 unspecified atom stereocenters. The third-order valence-corrected chi connectivity index (χ3v) is 3.37. The maximum Gasteiger partial charge on any atom is 0.236 e. The third kappa shape index (κ3) is 2.62. The van der Waals surface area contributed by atoms with E-state index in [9.17, 15) is 18.6 Å². The Morgan fingerprint density at radius 2 is 1.76 bits per heavy atom. The van der Waals surface area contributed by atoms with Crippen molar-refractivity contribution in [2.45, 2.75) is 5.75 Å². The smallest absolute Gasteiger partial charge is 0.236 e. The number of benzene rings is 2. The van der Waals surface area contributed by atoms with Crippen LogP contribution < -0.4 is 0 Å².